The highest BCUT2D eigenvalue weighted by Crippen LogP contribution is 2.45. The van der Waals surface area contributed by atoms with Gasteiger partial charge < -0.3 is 14.9 Å². The number of nitrogens with zero attached hydrogens (tertiary/aromatic N) is 10. The summed E-state index contributed by atoms with van der Waals surface area (Å²) in [6, 6.07) is 18.7. The summed E-state index contributed by atoms with van der Waals surface area (Å²) in [5, 5.41) is 57.7. The van der Waals surface area contributed by atoms with E-state index in [1.165, 1.54) is 41.7 Å². The van der Waals surface area contributed by atoms with E-state index in [0.717, 1.165) is 41.3 Å². The zero-order valence-electron chi connectivity index (χ0n) is 38.0. The predicted octanol–water partition coefficient (Wildman–Crippen LogP) is 10.0. The van der Waals surface area contributed by atoms with Crippen molar-refractivity contribution < 1.29 is 66.8 Å². The number of hydrogen-bond acceptors (Lipinski definition) is 22. The molecule has 5 aromatic carbocycles. The van der Waals surface area contributed by atoms with Crippen LogP contribution >= 0.6 is 34.7 Å². The molecule has 0 amide bonds. The fraction of sp³-hybridized carbons (Fsp3) is 0.186. The number of thioether (sulfide) groups is 1. The number of para-hydroxylation sites is 2. The number of aliphatic hydroxyl groups excluding tert-OH is 1. The van der Waals surface area contributed by atoms with Crippen LogP contribution in [0, 0.1) is 18.3 Å². The Balaban J connectivity index is 1.18. The zero-order chi connectivity index (χ0) is 54.2. The molecule has 32 heteroatoms. The number of pyridine rings is 1. The molecular weight excluding hydrogens is 1120 g/mol. The number of rotatable bonds is 19. The fourth-order valence-corrected chi connectivity index (χ4v) is 11.8. The average molecular weight is 1160 g/mol. The van der Waals surface area contributed by atoms with Crippen LogP contribution in [-0.4, -0.2) is 100 Å². The lowest BCUT2D eigenvalue weighted by Crippen LogP contribution is -2.08. The molecule has 0 fully saturated rings. The van der Waals surface area contributed by atoms with Crippen molar-refractivity contribution in [2.24, 2.45) is 30.7 Å². The van der Waals surface area contributed by atoms with Gasteiger partial charge in [0.2, 0.25) is 11.0 Å². The summed E-state index contributed by atoms with van der Waals surface area (Å²) >= 11 is 8.52. The molecule has 0 saturated carbocycles. The van der Waals surface area contributed by atoms with Crippen LogP contribution in [0.25, 0.3) is 37.7 Å². The molecule has 0 unspecified atom stereocenters. The second-order valence-electron chi connectivity index (χ2n) is 15.9. The lowest BCUT2D eigenvalue weighted by atomic mass is 10.1. The number of fused-ring (bicyclic) bond motifs is 6. The van der Waals surface area contributed by atoms with Gasteiger partial charge in [-0.3, -0.25) is 22.6 Å². The summed E-state index contributed by atoms with van der Waals surface area (Å²) < 4.78 is 140. The number of aromatic nitrogens is 3. The first-order valence-electron chi connectivity index (χ1n) is 21.2. The van der Waals surface area contributed by atoms with Crippen molar-refractivity contribution in [3.63, 3.8) is 0 Å². The van der Waals surface area contributed by atoms with Gasteiger partial charge in [0.1, 0.15) is 39.2 Å². The Kier molecular flexibility index (Phi) is 15.7. The quantitative estimate of drug-likeness (QED) is 0.0190. The summed E-state index contributed by atoms with van der Waals surface area (Å²) in [4.78, 5) is 7.84. The number of benzene rings is 5. The van der Waals surface area contributed by atoms with E-state index in [-0.39, 0.29) is 118 Å². The third kappa shape index (κ3) is 12.4. The van der Waals surface area contributed by atoms with Crippen LogP contribution in [0.4, 0.5) is 33.6 Å². The standard InChI is InChI=1S/C43H35ClN10O15S6/c1-22-27(20-45)41-46-29-6-2-3-7-34(29)54(41)42(56)38(22)52-50-32-17-28(44)31(18-35(32)69-10-4-12-72(57,58)59)49-51-33-14-24(21-55)30(19-36(33)70-11-5-13-73(60,61)62)48-53-43-47-39-37(75(66,67)68)15-23-8-9-25(74(63,64)65)16-26(23)40(39)71-43/h2-3,6-9,14-19,55-56H,4-5,10-13,21H2,1H3,(H,57,58,59)(H,60,61,62)(H,63,64,65)(H,66,67,68). The van der Waals surface area contributed by atoms with E-state index in [4.69, 9.17) is 16.3 Å². The Morgan fingerprint density at radius 3 is 2.17 bits per heavy atom. The van der Waals surface area contributed by atoms with Crippen LogP contribution in [-0.2, 0) is 47.1 Å². The molecule has 6 N–H and O–H groups in total. The molecule has 390 valence electrons. The van der Waals surface area contributed by atoms with E-state index >= 15 is 0 Å². The minimum Gasteiger partial charge on any atom is -0.493 e. The van der Waals surface area contributed by atoms with Gasteiger partial charge >= 0.3 is 0 Å². The van der Waals surface area contributed by atoms with Crippen molar-refractivity contribution >= 4 is 146 Å². The fourth-order valence-electron chi connectivity index (χ4n) is 7.32. The van der Waals surface area contributed by atoms with E-state index in [0.29, 0.717) is 11.0 Å². The first kappa shape index (κ1) is 54.6. The van der Waals surface area contributed by atoms with Crippen molar-refractivity contribution in [1.82, 2.24) is 14.4 Å². The smallest absolute Gasteiger partial charge is 0.296 e. The van der Waals surface area contributed by atoms with E-state index in [1.54, 1.807) is 24.3 Å². The summed E-state index contributed by atoms with van der Waals surface area (Å²) in [5.41, 5.74) is 1.09. The van der Waals surface area contributed by atoms with Crippen LogP contribution in [0.3, 0.4) is 0 Å². The maximum Gasteiger partial charge on any atom is 0.296 e. The van der Waals surface area contributed by atoms with Crippen LogP contribution in [0.5, 0.6) is 11.6 Å². The first-order valence-corrected chi connectivity index (χ1v) is 29.5. The number of halogens is 1. The summed E-state index contributed by atoms with van der Waals surface area (Å²) in [5.74, 6) is -1.67. The average Bonchev–Trinajstić information content (AvgIpc) is 3.95. The molecular formula is C43H35ClN10O15S6. The number of imidazole rings is 1. The minimum atomic E-state index is -4.90. The van der Waals surface area contributed by atoms with Gasteiger partial charge in [0, 0.05) is 27.5 Å². The number of azo groups is 3. The number of thiazole rings is 1. The first-order chi connectivity index (χ1) is 35.3. The Bertz CT molecular complexity index is 4260. The minimum absolute atomic E-state index is 0.00151. The number of aromatic hydroxyl groups is 1. The Morgan fingerprint density at radius 2 is 1.48 bits per heavy atom. The molecule has 0 bridgehead atoms. The zero-order valence-corrected chi connectivity index (χ0v) is 43.7. The van der Waals surface area contributed by atoms with Gasteiger partial charge in [-0.15, -0.1) is 42.4 Å². The Labute approximate surface area is 438 Å². The number of hydrogen-bond donors (Lipinski definition) is 6. The molecule has 25 nitrogen and oxygen atoms in total. The highest BCUT2D eigenvalue weighted by molar-refractivity contribution is 7.99. The monoisotopic (exact) mass is 1160 g/mol. The highest BCUT2D eigenvalue weighted by Gasteiger charge is 2.24. The molecule has 0 aliphatic heterocycles. The van der Waals surface area contributed by atoms with E-state index in [9.17, 15) is 67.4 Å². The summed E-state index contributed by atoms with van der Waals surface area (Å²) in [6.07, 6.45) is -0.231. The summed E-state index contributed by atoms with van der Waals surface area (Å²) in [6.45, 7) is 0.564. The van der Waals surface area contributed by atoms with Gasteiger partial charge in [0.15, 0.2) is 11.3 Å². The molecule has 0 saturated heterocycles. The van der Waals surface area contributed by atoms with E-state index in [1.807, 2.05) is 0 Å². The molecule has 0 aliphatic carbocycles. The van der Waals surface area contributed by atoms with Crippen molar-refractivity contribution in [3.8, 4) is 17.7 Å². The maximum atomic E-state index is 12.4. The van der Waals surface area contributed by atoms with Crippen molar-refractivity contribution in [2.75, 3.05) is 23.9 Å². The van der Waals surface area contributed by atoms with Gasteiger partial charge in [0.25, 0.3) is 40.5 Å². The summed E-state index contributed by atoms with van der Waals surface area (Å²) in [7, 11) is -18.3. The molecule has 8 aromatic rings. The lowest BCUT2D eigenvalue weighted by molar-refractivity contribution is 0.282. The molecule has 3 heterocycles. The second-order valence-corrected chi connectivity index (χ2v) is 24.4. The van der Waals surface area contributed by atoms with Gasteiger partial charge in [0.05, 0.1) is 61.7 Å². The third-order valence-corrected chi connectivity index (χ3v) is 16.5. The van der Waals surface area contributed by atoms with E-state index in [2.05, 4.69) is 46.7 Å². The Hall–Kier alpha value is -6.67. The Morgan fingerprint density at radius 1 is 0.787 bits per heavy atom. The third-order valence-electron chi connectivity index (χ3n) is 10.8. The number of aliphatic hydroxyl groups is 1. The van der Waals surface area contributed by atoms with Crippen molar-refractivity contribution in [2.45, 2.75) is 41.1 Å². The number of ether oxygens (including phenoxy) is 1. The van der Waals surface area contributed by atoms with Crippen LogP contribution < -0.4 is 4.74 Å². The molecule has 0 spiro atoms. The molecule has 3 aromatic heterocycles. The molecule has 8 rings (SSSR count). The normalized spacial score (nSPS) is 12.9. The van der Waals surface area contributed by atoms with Gasteiger partial charge in [-0.25, -0.2) is 9.97 Å². The SMILES string of the molecule is Cc1c(N=Nc2cc(Cl)c(N=Nc3cc(CO)c(N=Nc4nc5c(S(=O)(=O)O)cc6ccc(S(=O)(=O)O)cc6c5s4)cc3SCCCS(=O)(=O)O)cc2OCCCS(=O)(=O)O)c(O)n2c(nc3ccccc32)c1C#N. The maximum absolute atomic E-state index is 12.4. The molecule has 0 radical (unpaired) electrons. The van der Waals surface area contributed by atoms with Crippen LogP contribution in [0.2, 0.25) is 5.02 Å². The van der Waals surface area contributed by atoms with Gasteiger partial charge in [-0.2, -0.15) is 38.9 Å². The molecule has 0 aliphatic rings. The highest BCUT2D eigenvalue weighted by atomic mass is 35.5. The van der Waals surface area contributed by atoms with E-state index < -0.39 is 74.3 Å². The van der Waals surface area contributed by atoms with Crippen LogP contribution in [0.1, 0.15) is 29.5 Å². The second kappa shape index (κ2) is 21.5. The predicted molar refractivity (Wildman–Crippen MR) is 275 cm³/mol. The van der Waals surface area contributed by atoms with Gasteiger partial charge in [-0.1, -0.05) is 41.1 Å². The van der Waals surface area contributed by atoms with Crippen molar-refractivity contribution in [1.29, 1.82) is 5.26 Å². The molecule has 0 atom stereocenters. The molecule has 75 heavy (non-hydrogen) atoms. The van der Waals surface area contributed by atoms with Crippen LogP contribution in [0.15, 0.2) is 118 Å². The topological polar surface area (TPSA) is 395 Å². The lowest BCUT2D eigenvalue weighted by Gasteiger charge is -2.12. The number of nitriles is 1. The van der Waals surface area contributed by atoms with Gasteiger partial charge in [-0.05, 0) is 79.4 Å². The largest absolute Gasteiger partial charge is 0.493 e. The van der Waals surface area contributed by atoms with Crippen molar-refractivity contribution in [3.05, 3.63) is 94.5 Å².